The third-order valence-corrected chi connectivity index (χ3v) is 3.95. The number of hydrogen-bond donors (Lipinski definition) is 2. The van der Waals surface area contributed by atoms with Gasteiger partial charge in [0.2, 0.25) is 0 Å². The molecule has 1 aromatic rings. The highest BCUT2D eigenvalue weighted by atomic mass is 35.5. The SMILES string of the molecule is CCC(CC)(CNc1cc(Cl)c(F)cc1[N+](=O)[O-])C(=O)O. The number of hydrogen-bond acceptors (Lipinski definition) is 4. The average molecular weight is 319 g/mol. The molecule has 0 saturated heterocycles. The van der Waals surface area contributed by atoms with Crippen LogP contribution in [0.25, 0.3) is 0 Å². The van der Waals surface area contributed by atoms with Crippen molar-refractivity contribution in [2.45, 2.75) is 26.7 Å². The van der Waals surface area contributed by atoms with Gasteiger partial charge in [0, 0.05) is 6.54 Å². The molecule has 0 amide bonds. The van der Waals surface area contributed by atoms with Crippen molar-refractivity contribution < 1.29 is 19.2 Å². The lowest BCUT2D eigenvalue weighted by atomic mass is 9.82. The normalized spacial score (nSPS) is 11.2. The Labute approximate surface area is 126 Å². The van der Waals surface area contributed by atoms with Crippen LogP contribution in [0.4, 0.5) is 15.8 Å². The maximum atomic E-state index is 13.3. The molecule has 1 aromatic carbocycles. The van der Waals surface area contributed by atoms with Gasteiger partial charge in [-0.1, -0.05) is 25.4 Å². The number of rotatable bonds is 7. The maximum Gasteiger partial charge on any atom is 0.311 e. The summed E-state index contributed by atoms with van der Waals surface area (Å²) in [5, 5.41) is 22.7. The fourth-order valence-corrected chi connectivity index (χ4v) is 2.14. The minimum absolute atomic E-state index is 0.000995. The van der Waals surface area contributed by atoms with Crippen LogP contribution < -0.4 is 5.32 Å². The topological polar surface area (TPSA) is 92.5 Å². The quantitative estimate of drug-likeness (QED) is 0.591. The van der Waals surface area contributed by atoms with E-state index in [0.29, 0.717) is 18.9 Å². The molecular formula is C13H16ClFN2O4. The van der Waals surface area contributed by atoms with E-state index in [1.807, 2.05) is 0 Å². The van der Waals surface area contributed by atoms with E-state index in [2.05, 4.69) is 5.32 Å². The predicted octanol–water partition coefficient (Wildman–Crippen LogP) is 3.69. The van der Waals surface area contributed by atoms with Crippen molar-refractivity contribution in [3.63, 3.8) is 0 Å². The van der Waals surface area contributed by atoms with E-state index >= 15 is 0 Å². The standard InChI is InChI=1S/C13H16ClFN2O4/c1-3-13(4-2,12(18)19)7-16-10-5-8(14)9(15)6-11(10)17(20)21/h5-6,16H,3-4,7H2,1-2H3,(H,18,19). The van der Waals surface area contributed by atoms with Crippen molar-refractivity contribution >= 4 is 28.9 Å². The molecule has 0 spiro atoms. The molecule has 0 unspecified atom stereocenters. The Balaban J connectivity index is 3.10. The Morgan fingerprint density at radius 3 is 2.48 bits per heavy atom. The van der Waals surface area contributed by atoms with Crippen LogP contribution >= 0.6 is 11.6 Å². The van der Waals surface area contributed by atoms with Gasteiger partial charge in [0.25, 0.3) is 5.69 Å². The zero-order valence-electron chi connectivity index (χ0n) is 11.7. The van der Waals surface area contributed by atoms with Crippen molar-refractivity contribution in [2.75, 3.05) is 11.9 Å². The summed E-state index contributed by atoms with van der Waals surface area (Å²) < 4.78 is 13.3. The zero-order chi connectivity index (χ0) is 16.2. The van der Waals surface area contributed by atoms with Gasteiger partial charge in [-0.3, -0.25) is 14.9 Å². The summed E-state index contributed by atoms with van der Waals surface area (Å²) in [7, 11) is 0. The summed E-state index contributed by atoms with van der Waals surface area (Å²) in [4.78, 5) is 21.6. The van der Waals surface area contributed by atoms with Crippen LogP contribution in [-0.2, 0) is 4.79 Å². The van der Waals surface area contributed by atoms with Gasteiger partial charge in [-0.2, -0.15) is 0 Å². The first kappa shape index (κ1) is 17.2. The van der Waals surface area contributed by atoms with Crippen LogP contribution in [0.15, 0.2) is 12.1 Å². The van der Waals surface area contributed by atoms with Gasteiger partial charge >= 0.3 is 5.97 Å². The number of nitro benzene ring substituents is 1. The summed E-state index contributed by atoms with van der Waals surface area (Å²) >= 11 is 5.62. The van der Waals surface area contributed by atoms with E-state index in [9.17, 15) is 24.4 Å². The van der Waals surface area contributed by atoms with E-state index in [0.717, 1.165) is 6.07 Å². The highest BCUT2D eigenvalue weighted by molar-refractivity contribution is 6.31. The first-order valence-corrected chi connectivity index (χ1v) is 6.76. The molecule has 21 heavy (non-hydrogen) atoms. The Kier molecular flexibility index (Phi) is 5.48. The van der Waals surface area contributed by atoms with Crippen LogP contribution in [0.2, 0.25) is 5.02 Å². The van der Waals surface area contributed by atoms with E-state index in [-0.39, 0.29) is 17.3 Å². The van der Waals surface area contributed by atoms with Gasteiger partial charge in [-0.25, -0.2) is 4.39 Å². The fourth-order valence-electron chi connectivity index (χ4n) is 1.97. The maximum absolute atomic E-state index is 13.3. The highest BCUT2D eigenvalue weighted by Crippen LogP contribution is 2.33. The minimum Gasteiger partial charge on any atom is -0.481 e. The molecule has 8 heteroatoms. The summed E-state index contributed by atoms with van der Waals surface area (Å²) in [6.45, 7) is 3.44. The highest BCUT2D eigenvalue weighted by Gasteiger charge is 2.35. The molecule has 116 valence electrons. The molecule has 0 saturated carbocycles. The molecule has 0 aliphatic rings. The molecule has 0 aliphatic heterocycles. The van der Waals surface area contributed by atoms with E-state index in [1.165, 1.54) is 0 Å². The molecular weight excluding hydrogens is 303 g/mol. The first-order valence-electron chi connectivity index (χ1n) is 6.38. The predicted molar refractivity (Wildman–Crippen MR) is 77.2 cm³/mol. The molecule has 0 radical (unpaired) electrons. The summed E-state index contributed by atoms with van der Waals surface area (Å²) in [5.74, 6) is -1.89. The van der Waals surface area contributed by atoms with Crippen molar-refractivity contribution in [2.24, 2.45) is 5.41 Å². The van der Waals surface area contributed by atoms with Crippen molar-refractivity contribution in [3.05, 3.63) is 33.1 Å². The number of halogens is 2. The first-order chi connectivity index (χ1) is 9.77. The van der Waals surface area contributed by atoms with Crippen LogP contribution in [0, 0.1) is 21.3 Å². The number of carbonyl (C=O) groups is 1. The third-order valence-electron chi connectivity index (χ3n) is 3.66. The lowest BCUT2D eigenvalue weighted by Crippen LogP contribution is -2.37. The molecule has 6 nitrogen and oxygen atoms in total. The van der Waals surface area contributed by atoms with Crippen molar-refractivity contribution in [3.8, 4) is 0 Å². The van der Waals surface area contributed by atoms with Crippen molar-refractivity contribution in [1.29, 1.82) is 0 Å². The zero-order valence-corrected chi connectivity index (χ0v) is 12.4. The molecule has 1 rings (SSSR count). The molecule has 0 atom stereocenters. The fraction of sp³-hybridized carbons (Fsp3) is 0.462. The summed E-state index contributed by atoms with van der Waals surface area (Å²) in [6, 6.07) is 1.80. The van der Waals surface area contributed by atoms with Crippen LogP contribution in [0.3, 0.4) is 0 Å². The molecule has 0 heterocycles. The number of nitro groups is 1. The largest absolute Gasteiger partial charge is 0.481 e. The monoisotopic (exact) mass is 318 g/mol. The third kappa shape index (κ3) is 3.60. The molecule has 0 fully saturated rings. The van der Waals surface area contributed by atoms with Crippen LogP contribution in [-0.4, -0.2) is 22.5 Å². The second-order valence-corrected chi connectivity index (χ2v) is 5.09. The molecule has 2 N–H and O–H groups in total. The van der Waals surface area contributed by atoms with Crippen LogP contribution in [0.1, 0.15) is 26.7 Å². The number of nitrogens with zero attached hydrogens (tertiary/aromatic N) is 1. The van der Waals surface area contributed by atoms with Gasteiger partial charge < -0.3 is 10.4 Å². The van der Waals surface area contributed by atoms with Crippen molar-refractivity contribution in [1.82, 2.24) is 0 Å². The van der Waals surface area contributed by atoms with Gasteiger partial charge in [0.05, 0.1) is 21.4 Å². The Morgan fingerprint density at radius 1 is 1.48 bits per heavy atom. The van der Waals surface area contributed by atoms with Gasteiger partial charge in [0.15, 0.2) is 0 Å². The van der Waals surface area contributed by atoms with Gasteiger partial charge in [-0.05, 0) is 18.9 Å². The number of aliphatic carboxylic acids is 1. The van der Waals surface area contributed by atoms with E-state index < -0.39 is 27.8 Å². The summed E-state index contributed by atoms with van der Waals surface area (Å²) in [5.41, 5.74) is -1.53. The van der Waals surface area contributed by atoms with Crippen LogP contribution in [0.5, 0.6) is 0 Å². The molecule has 0 bridgehead atoms. The summed E-state index contributed by atoms with van der Waals surface area (Å²) in [6.07, 6.45) is 0.711. The Hall–Kier alpha value is -1.89. The Bertz CT molecular complexity index is 561. The molecule has 0 aromatic heterocycles. The second-order valence-electron chi connectivity index (χ2n) is 4.69. The number of nitrogens with one attached hydrogen (secondary N) is 1. The molecule has 0 aliphatic carbocycles. The average Bonchev–Trinajstić information content (AvgIpc) is 2.43. The van der Waals surface area contributed by atoms with Gasteiger partial charge in [0.1, 0.15) is 11.5 Å². The lowest BCUT2D eigenvalue weighted by Gasteiger charge is -2.27. The number of benzene rings is 1. The van der Waals surface area contributed by atoms with Gasteiger partial charge in [-0.15, -0.1) is 0 Å². The van der Waals surface area contributed by atoms with E-state index in [1.54, 1.807) is 13.8 Å². The lowest BCUT2D eigenvalue weighted by molar-refractivity contribution is -0.384. The van der Waals surface area contributed by atoms with E-state index in [4.69, 9.17) is 11.6 Å². The second kappa shape index (κ2) is 6.71. The Morgan fingerprint density at radius 2 is 2.05 bits per heavy atom. The number of carboxylic acid groups (broad SMARTS) is 1. The minimum atomic E-state index is -1.05. The number of anilines is 1. The number of carboxylic acids is 1. The smallest absolute Gasteiger partial charge is 0.311 e.